The molecule has 1 aromatic carbocycles. The second-order valence-corrected chi connectivity index (χ2v) is 7.47. The second kappa shape index (κ2) is 14.9. The third-order valence-electron chi connectivity index (χ3n) is 4.83. The number of carboxylic acid groups (broad SMARTS) is 1. The van der Waals surface area contributed by atoms with E-state index in [9.17, 15) is 29.4 Å². The van der Waals surface area contributed by atoms with Gasteiger partial charge in [-0.25, -0.2) is 4.79 Å². The zero-order valence-electron chi connectivity index (χ0n) is 18.3. The highest BCUT2D eigenvalue weighted by Gasteiger charge is 2.29. The minimum absolute atomic E-state index is 0.00479. The maximum Gasteiger partial charge on any atom is 0.326 e. The molecule has 0 aliphatic rings. The lowest BCUT2D eigenvalue weighted by atomic mass is 10.1. The maximum absolute atomic E-state index is 12.7. The van der Waals surface area contributed by atoms with Gasteiger partial charge in [-0.05, 0) is 31.4 Å². The molecule has 184 valence electrons. The lowest BCUT2D eigenvalue weighted by molar-refractivity contribution is -0.142. The molecule has 4 unspecified atom stereocenters. The van der Waals surface area contributed by atoms with Crippen molar-refractivity contribution in [2.45, 2.75) is 49.9 Å². The van der Waals surface area contributed by atoms with Crippen molar-refractivity contribution in [2.75, 3.05) is 19.8 Å². The van der Waals surface area contributed by atoms with E-state index in [1.165, 1.54) is 0 Å². The number of aliphatic hydroxyl groups excluding tert-OH is 2. The molecule has 0 aliphatic heterocycles. The van der Waals surface area contributed by atoms with Crippen molar-refractivity contribution in [3.05, 3.63) is 35.9 Å². The molecule has 3 amide bonds. The predicted molar refractivity (Wildman–Crippen MR) is 119 cm³/mol. The van der Waals surface area contributed by atoms with Crippen molar-refractivity contribution in [1.29, 1.82) is 0 Å². The van der Waals surface area contributed by atoms with Gasteiger partial charge in [0.25, 0.3) is 0 Å². The van der Waals surface area contributed by atoms with Gasteiger partial charge in [-0.3, -0.25) is 14.4 Å². The van der Waals surface area contributed by atoms with E-state index in [0.29, 0.717) is 24.9 Å². The Morgan fingerprint density at radius 2 is 1.39 bits per heavy atom. The Morgan fingerprint density at radius 1 is 0.818 bits per heavy atom. The minimum atomic E-state index is -1.45. The quantitative estimate of drug-likeness (QED) is 0.125. The summed E-state index contributed by atoms with van der Waals surface area (Å²) in [7, 11) is 0. The van der Waals surface area contributed by atoms with Gasteiger partial charge >= 0.3 is 5.97 Å². The molecule has 33 heavy (non-hydrogen) atoms. The van der Waals surface area contributed by atoms with Crippen LogP contribution in [0, 0.1) is 0 Å². The Bertz CT molecular complexity index is 778. The summed E-state index contributed by atoms with van der Waals surface area (Å²) < 4.78 is 0. The first-order valence-corrected chi connectivity index (χ1v) is 10.6. The average molecular weight is 468 g/mol. The topological polar surface area (TPSA) is 217 Å². The van der Waals surface area contributed by atoms with Crippen LogP contribution in [0.5, 0.6) is 0 Å². The summed E-state index contributed by atoms with van der Waals surface area (Å²) in [5, 5.41) is 35.1. The number of nitrogens with one attached hydrogen (secondary N) is 3. The van der Waals surface area contributed by atoms with Crippen molar-refractivity contribution in [1.82, 2.24) is 16.0 Å². The van der Waals surface area contributed by atoms with Gasteiger partial charge in [0.15, 0.2) is 0 Å². The third-order valence-corrected chi connectivity index (χ3v) is 4.83. The van der Waals surface area contributed by atoms with Gasteiger partial charge < -0.3 is 42.7 Å². The van der Waals surface area contributed by atoms with E-state index < -0.39 is 61.1 Å². The highest BCUT2D eigenvalue weighted by atomic mass is 16.4. The van der Waals surface area contributed by atoms with Gasteiger partial charge in [0, 0.05) is 6.42 Å². The number of hydrogen-bond donors (Lipinski definition) is 8. The predicted octanol–water partition coefficient (Wildman–Crippen LogP) is -2.79. The van der Waals surface area contributed by atoms with Gasteiger partial charge in [0.05, 0.1) is 13.2 Å². The molecule has 0 aliphatic carbocycles. The average Bonchev–Trinajstić information content (AvgIpc) is 2.81. The van der Waals surface area contributed by atoms with Crippen LogP contribution in [-0.2, 0) is 25.6 Å². The number of carbonyl (C=O) groups excluding carboxylic acids is 3. The Hall–Kier alpha value is -3.06. The van der Waals surface area contributed by atoms with E-state index >= 15 is 0 Å². The summed E-state index contributed by atoms with van der Waals surface area (Å²) in [6, 6.07) is 3.58. The molecule has 10 N–H and O–H groups in total. The van der Waals surface area contributed by atoms with Crippen LogP contribution in [0.25, 0.3) is 0 Å². The van der Waals surface area contributed by atoms with E-state index in [1.54, 1.807) is 30.3 Å². The van der Waals surface area contributed by atoms with Crippen molar-refractivity contribution in [2.24, 2.45) is 11.5 Å². The lowest BCUT2D eigenvalue weighted by Gasteiger charge is -2.24. The molecule has 12 heteroatoms. The maximum atomic E-state index is 12.7. The monoisotopic (exact) mass is 467 g/mol. The molecule has 0 saturated carbocycles. The molecular formula is C21H33N5O7. The number of carbonyl (C=O) groups is 4. The normalized spacial score (nSPS) is 14.4. The summed E-state index contributed by atoms with van der Waals surface area (Å²) >= 11 is 0. The molecule has 0 radical (unpaired) electrons. The number of carboxylic acids is 1. The summed E-state index contributed by atoms with van der Waals surface area (Å²) in [6.07, 6.45) is 1.25. The number of amides is 3. The molecular weight excluding hydrogens is 434 g/mol. The van der Waals surface area contributed by atoms with Gasteiger partial charge in [-0.2, -0.15) is 0 Å². The number of nitrogens with two attached hydrogens (primary N) is 2. The van der Waals surface area contributed by atoms with Crippen molar-refractivity contribution in [3.63, 3.8) is 0 Å². The first-order chi connectivity index (χ1) is 15.7. The van der Waals surface area contributed by atoms with E-state index in [1.807, 2.05) is 0 Å². The van der Waals surface area contributed by atoms with E-state index in [-0.39, 0.29) is 12.8 Å². The molecule has 0 fully saturated rings. The van der Waals surface area contributed by atoms with E-state index in [2.05, 4.69) is 16.0 Å². The third kappa shape index (κ3) is 9.95. The highest BCUT2D eigenvalue weighted by Crippen LogP contribution is 2.05. The first-order valence-electron chi connectivity index (χ1n) is 10.6. The van der Waals surface area contributed by atoms with Gasteiger partial charge in [-0.1, -0.05) is 30.3 Å². The number of hydrogen-bond acceptors (Lipinski definition) is 8. The van der Waals surface area contributed by atoms with Crippen molar-refractivity contribution >= 4 is 23.7 Å². The summed E-state index contributed by atoms with van der Waals surface area (Å²) in [6.45, 7) is -1.05. The fourth-order valence-corrected chi connectivity index (χ4v) is 2.91. The summed E-state index contributed by atoms with van der Waals surface area (Å²) in [4.78, 5) is 48.9. The van der Waals surface area contributed by atoms with Crippen LogP contribution in [0.3, 0.4) is 0 Å². The van der Waals surface area contributed by atoms with Crippen LogP contribution < -0.4 is 27.4 Å². The Balaban J connectivity index is 2.84. The minimum Gasteiger partial charge on any atom is -0.480 e. The molecule has 0 aromatic heterocycles. The zero-order chi connectivity index (χ0) is 24.8. The standard InChI is InChI=1S/C21H33N5O7/c22-9-5-4-8-15(24-18(29)14(23)11-27)19(30)26-17(12-28)20(31)25-16(21(32)33)10-13-6-2-1-3-7-13/h1-3,6-7,14-17,27-28H,4-5,8-12,22-23H2,(H,24,29)(H,25,31)(H,26,30)(H,32,33). The van der Waals surface area contributed by atoms with Crippen molar-refractivity contribution in [3.8, 4) is 0 Å². The number of unbranched alkanes of at least 4 members (excludes halogenated alkanes) is 1. The van der Waals surface area contributed by atoms with Gasteiger partial charge in [0.1, 0.15) is 24.2 Å². The van der Waals surface area contributed by atoms with Crippen LogP contribution in [-0.4, -0.2) is 82.9 Å². The van der Waals surface area contributed by atoms with Crippen LogP contribution in [0.15, 0.2) is 30.3 Å². The van der Waals surface area contributed by atoms with E-state index in [0.717, 1.165) is 0 Å². The number of rotatable bonds is 15. The van der Waals surface area contributed by atoms with Crippen LogP contribution in [0.2, 0.25) is 0 Å². The number of aliphatic carboxylic acids is 1. The van der Waals surface area contributed by atoms with Gasteiger partial charge in [0.2, 0.25) is 17.7 Å². The molecule has 0 saturated heterocycles. The molecule has 0 bridgehead atoms. The largest absolute Gasteiger partial charge is 0.480 e. The fourth-order valence-electron chi connectivity index (χ4n) is 2.91. The molecule has 1 aromatic rings. The summed E-state index contributed by atoms with van der Waals surface area (Å²) in [5.74, 6) is -3.70. The van der Waals surface area contributed by atoms with Crippen LogP contribution in [0.1, 0.15) is 24.8 Å². The smallest absolute Gasteiger partial charge is 0.326 e. The molecule has 0 heterocycles. The SMILES string of the molecule is NCCCCC(NC(=O)C(N)CO)C(=O)NC(CO)C(=O)NC(Cc1ccccc1)C(=O)O. The Labute approximate surface area is 191 Å². The first kappa shape index (κ1) is 28.0. The number of aliphatic hydroxyl groups is 2. The Morgan fingerprint density at radius 3 is 1.94 bits per heavy atom. The van der Waals surface area contributed by atoms with Crippen LogP contribution in [0.4, 0.5) is 0 Å². The van der Waals surface area contributed by atoms with E-state index in [4.69, 9.17) is 16.6 Å². The summed E-state index contributed by atoms with van der Waals surface area (Å²) in [5.41, 5.74) is 11.6. The molecule has 0 spiro atoms. The lowest BCUT2D eigenvalue weighted by Crippen LogP contribution is -2.58. The van der Waals surface area contributed by atoms with Gasteiger partial charge in [-0.15, -0.1) is 0 Å². The Kier molecular flexibility index (Phi) is 12.6. The highest BCUT2D eigenvalue weighted by molar-refractivity contribution is 5.94. The van der Waals surface area contributed by atoms with Crippen molar-refractivity contribution < 1.29 is 34.5 Å². The molecule has 1 rings (SSSR count). The zero-order valence-corrected chi connectivity index (χ0v) is 18.3. The number of benzene rings is 1. The fraction of sp³-hybridized carbons (Fsp3) is 0.524. The second-order valence-electron chi connectivity index (χ2n) is 7.47. The van der Waals surface area contributed by atoms with Crippen LogP contribution >= 0.6 is 0 Å². The molecule has 4 atom stereocenters. The molecule has 12 nitrogen and oxygen atoms in total.